The fourth-order valence-corrected chi connectivity index (χ4v) is 2.82. The Morgan fingerprint density at radius 2 is 1.88 bits per heavy atom. The van der Waals surface area contributed by atoms with Crippen molar-refractivity contribution in [2.24, 2.45) is 11.8 Å². The van der Waals surface area contributed by atoms with E-state index in [4.69, 9.17) is 5.11 Å². The molecule has 92 valence electrons. The normalized spacial score (nSPS) is 23.8. The number of rotatable bonds is 4. The number of aryl methyl sites for hydroxylation is 1. The summed E-state index contributed by atoms with van der Waals surface area (Å²) >= 11 is 0. The van der Waals surface area contributed by atoms with Gasteiger partial charge >= 0.3 is 5.97 Å². The van der Waals surface area contributed by atoms with E-state index in [0.29, 0.717) is 5.92 Å². The summed E-state index contributed by atoms with van der Waals surface area (Å²) in [6.07, 6.45) is 4.95. The topological polar surface area (TPSA) is 37.3 Å². The van der Waals surface area contributed by atoms with E-state index in [0.717, 1.165) is 32.1 Å². The maximum atomic E-state index is 11.1. The van der Waals surface area contributed by atoms with Crippen molar-refractivity contribution in [3.8, 4) is 0 Å². The van der Waals surface area contributed by atoms with E-state index in [2.05, 4.69) is 31.2 Å². The van der Waals surface area contributed by atoms with Crippen molar-refractivity contribution in [3.05, 3.63) is 35.4 Å². The molecule has 17 heavy (non-hydrogen) atoms. The average molecular weight is 232 g/mol. The summed E-state index contributed by atoms with van der Waals surface area (Å²) in [6, 6.07) is 8.60. The molecule has 1 aromatic rings. The largest absolute Gasteiger partial charge is 0.481 e. The van der Waals surface area contributed by atoms with Crippen LogP contribution in [0.3, 0.4) is 0 Å². The first kappa shape index (κ1) is 12.2. The van der Waals surface area contributed by atoms with Gasteiger partial charge in [0.05, 0.1) is 5.92 Å². The molecule has 0 aliphatic heterocycles. The predicted molar refractivity (Wildman–Crippen MR) is 68.0 cm³/mol. The van der Waals surface area contributed by atoms with Gasteiger partial charge in [-0.25, -0.2) is 0 Å². The quantitative estimate of drug-likeness (QED) is 0.865. The fourth-order valence-electron chi connectivity index (χ4n) is 2.82. The van der Waals surface area contributed by atoms with E-state index < -0.39 is 5.97 Å². The van der Waals surface area contributed by atoms with E-state index in [-0.39, 0.29) is 5.92 Å². The van der Waals surface area contributed by atoms with Gasteiger partial charge in [0.25, 0.3) is 0 Å². The first-order valence-electron chi connectivity index (χ1n) is 6.51. The van der Waals surface area contributed by atoms with Gasteiger partial charge in [-0.15, -0.1) is 0 Å². The predicted octanol–water partition coefficient (Wildman–Crippen LogP) is 3.29. The third-order valence-corrected chi connectivity index (χ3v) is 3.91. The second-order valence-electron chi connectivity index (χ2n) is 5.01. The van der Waals surface area contributed by atoms with Crippen molar-refractivity contribution in [2.75, 3.05) is 0 Å². The molecule has 0 aromatic heterocycles. The molecule has 1 fully saturated rings. The Morgan fingerprint density at radius 1 is 1.24 bits per heavy atom. The Labute approximate surface area is 103 Å². The van der Waals surface area contributed by atoms with Crippen molar-refractivity contribution in [2.45, 2.75) is 39.0 Å². The minimum absolute atomic E-state index is 0.124. The minimum Gasteiger partial charge on any atom is -0.481 e. The fraction of sp³-hybridized carbons (Fsp3) is 0.533. The van der Waals surface area contributed by atoms with Crippen LogP contribution < -0.4 is 0 Å². The van der Waals surface area contributed by atoms with Gasteiger partial charge in [0, 0.05) is 0 Å². The first-order chi connectivity index (χ1) is 8.20. The van der Waals surface area contributed by atoms with Crippen LogP contribution in [0.2, 0.25) is 0 Å². The van der Waals surface area contributed by atoms with Gasteiger partial charge in [0.1, 0.15) is 0 Å². The van der Waals surface area contributed by atoms with Gasteiger partial charge in [-0.3, -0.25) is 4.79 Å². The lowest BCUT2D eigenvalue weighted by molar-refractivity contribution is -0.142. The number of aliphatic carboxylic acids is 1. The molecule has 2 unspecified atom stereocenters. The number of hydrogen-bond acceptors (Lipinski definition) is 1. The van der Waals surface area contributed by atoms with Crippen molar-refractivity contribution in [1.29, 1.82) is 0 Å². The number of carboxylic acids is 1. The number of carbonyl (C=O) groups is 1. The van der Waals surface area contributed by atoms with E-state index in [9.17, 15) is 4.79 Å². The lowest BCUT2D eigenvalue weighted by atomic mass is 9.89. The molecule has 0 radical (unpaired) electrons. The van der Waals surface area contributed by atoms with Gasteiger partial charge in [-0.05, 0) is 42.7 Å². The number of carboxylic acid groups (broad SMARTS) is 1. The van der Waals surface area contributed by atoms with Crippen LogP contribution in [0.25, 0.3) is 0 Å². The monoisotopic (exact) mass is 232 g/mol. The maximum absolute atomic E-state index is 11.1. The molecule has 1 N–H and O–H groups in total. The van der Waals surface area contributed by atoms with Gasteiger partial charge in [-0.1, -0.05) is 37.6 Å². The average Bonchev–Trinajstić information content (AvgIpc) is 2.78. The van der Waals surface area contributed by atoms with Crippen LogP contribution in [0, 0.1) is 11.8 Å². The summed E-state index contributed by atoms with van der Waals surface area (Å²) in [5.74, 6) is -0.404. The summed E-state index contributed by atoms with van der Waals surface area (Å²) in [4.78, 5) is 11.1. The molecule has 0 bridgehead atoms. The van der Waals surface area contributed by atoms with Crippen LogP contribution in [-0.4, -0.2) is 11.1 Å². The molecule has 2 atom stereocenters. The molecule has 1 aromatic carbocycles. The van der Waals surface area contributed by atoms with Crippen molar-refractivity contribution < 1.29 is 9.90 Å². The zero-order valence-electron chi connectivity index (χ0n) is 10.4. The van der Waals surface area contributed by atoms with Crippen LogP contribution in [0.4, 0.5) is 0 Å². The molecule has 2 heteroatoms. The summed E-state index contributed by atoms with van der Waals surface area (Å²) in [7, 11) is 0. The van der Waals surface area contributed by atoms with Crippen LogP contribution in [0.1, 0.15) is 37.3 Å². The number of benzene rings is 1. The molecule has 0 saturated heterocycles. The van der Waals surface area contributed by atoms with Crippen LogP contribution >= 0.6 is 0 Å². The van der Waals surface area contributed by atoms with Gasteiger partial charge in [0.15, 0.2) is 0 Å². The third kappa shape index (κ3) is 2.87. The Kier molecular flexibility index (Phi) is 3.82. The van der Waals surface area contributed by atoms with E-state index in [1.54, 1.807) is 0 Å². The second-order valence-corrected chi connectivity index (χ2v) is 5.01. The Balaban J connectivity index is 2.02. The zero-order chi connectivity index (χ0) is 12.3. The molecule has 1 saturated carbocycles. The van der Waals surface area contributed by atoms with E-state index in [1.807, 2.05) is 0 Å². The third-order valence-electron chi connectivity index (χ3n) is 3.91. The van der Waals surface area contributed by atoms with Crippen molar-refractivity contribution in [1.82, 2.24) is 0 Å². The number of hydrogen-bond donors (Lipinski definition) is 1. The summed E-state index contributed by atoms with van der Waals surface area (Å²) in [6.45, 7) is 2.15. The Bertz CT molecular complexity index is 380. The maximum Gasteiger partial charge on any atom is 0.306 e. The smallest absolute Gasteiger partial charge is 0.306 e. The standard InChI is InChI=1S/C15H20O2/c1-2-11-6-8-12(9-7-11)10-13-4-3-5-14(13)15(16)17/h6-9,13-14H,2-5,10H2,1H3,(H,16,17). The lowest BCUT2D eigenvalue weighted by Crippen LogP contribution is -2.19. The SMILES string of the molecule is CCc1ccc(CC2CCCC2C(=O)O)cc1. The van der Waals surface area contributed by atoms with Crippen molar-refractivity contribution >= 4 is 5.97 Å². The highest BCUT2D eigenvalue weighted by Crippen LogP contribution is 2.34. The van der Waals surface area contributed by atoms with E-state index in [1.165, 1.54) is 11.1 Å². The molecule has 0 amide bonds. The highest BCUT2D eigenvalue weighted by Gasteiger charge is 2.32. The molecule has 2 nitrogen and oxygen atoms in total. The molecule has 1 aliphatic rings. The zero-order valence-corrected chi connectivity index (χ0v) is 10.4. The first-order valence-corrected chi connectivity index (χ1v) is 6.51. The van der Waals surface area contributed by atoms with Gasteiger partial charge in [0.2, 0.25) is 0 Å². The lowest BCUT2D eigenvalue weighted by Gasteiger charge is -2.15. The van der Waals surface area contributed by atoms with Crippen LogP contribution in [0.15, 0.2) is 24.3 Å². The highest BCUT2D eigenvalue weighted by atomic mass is 16.4. The summed E-state index contributed by atoms with van der Waals surface area (Å²) in [5, 5.41) is 9.14. The highest BCUT2D eigenvalue weighted by molar-refractivity contribution is 5.70. The minimum atomic E-state index is -0.613. The van der Waals surface area contributed by atoms with E-state index >= 15 is 0 Å². The summed E-state index contributed by atoms with van der Waals surface area (Å²) < 4.78 is 0. The Hall–Kier alpha value is -1.31. The van der Waals surface area contributed by atoms with Crippen molar-refractivity contribution in [3.63, 3.8) is 0 Å². The Morgan fingerprint density at radius 3 is 2.47 bits per heavy atom. The molecule has 0 heterocycles. The molecule has 0 spiro atoms. The molecule has 1 aliphatic carbocycles. The molecular weight excluding hydrogens is 212 g/mol. The van der Waals surface area contributed by atoms with Gasteiger partial charge < -0.3 is 5.11 Å². The summed E-state index contributed by atoms with van der Waals surface area (Å²) in [5.41, 5.74) is 2.62. The molecular formula is C15H20O2. The van der Waals surface area contributed by atoms with Gasteiger partial charge in [-0.2, -0.15) is 0 Å². The molecule has 2 rings (SSSR count). The van der Waals surface area contributed by atoms with Crippen LogP contribution in [0.5, 0.6) is 0 Å². The second kappa shape index (κ2) is 5.35. The van der Waals surface area contributed by atoms with Crippen LogP contribution in [-0.2, 0) is 17.6 Å².